The third kappa shape index (κ3) is 4.07. The number of ether oxygens (including phenoxy) is 1. The number of rotatable bonds is 5. The number of nitrogens with zero attached hydrogens (tertiary/aromatic N) is 2. The molecule has 3 nitrogen and oxygen atoms in total. The van der Waals surface area contributed by atoms with Crippen LogP contribution < -0.4 is 4.74 Å². The zero-order valence-corrected chi connectivity index (χ0v) is 15.3. The molecule has 0 radical (unpaired) electrons. The number of benzene rings is 1. The molecule has 2 aromatic rings. The van der Waals surface area contributed by atoms with E-state index in [2.05, 4.69) is 53.3 Å². The highest BCUT2D eigenvalue weighted by Gasteiger charge is 2.14. The van der Waals surface area contributed by atoms with Gasteiger partial charge in [0, 0.05) is 5.56 Å². The van der Waals surface area contributed by atoms with E-state index in [1.54, 1.807) is 0 Å². The van der Waals surface area contributed by atoms with Gasteiger partial charge < -0.3 is 4.74 Å². The third-order valence-electron chi connectivity index (χ3n) is 2.97. The van der Waals surface area contributed by atoms with Gasteiger partial charge in [-0.2, -0.15) is 0 Å². The molecule has 2 rings (SSSR count). The van der Waals surface area contributed by atoms with Gasteiger partial charge in [0.1, 0.15) is 10.9 Å². The molecule has 0 spiro atoms. The van der Waals surface area contributed by atoms with Crippen LogP contribution in [0.5, 0.6) is 5.75 Å². The smallest absolute Gasteiger partial charge is 0.161 e. The minimum atomic E-state index is 0.309. The molecule has 112 valence electrons. The molecular weight excluding hydrogens is 399 g/mol. The van der Waals surface area contributed by atoms with Crippen LogP contribution >= 0.6 is 34.2 Å². The maximum atomic E-state index is 6.23. The van der Waals surface area contributed by atoms with Crippen LogP contribution in [0.1, 0.15) is 38.8 Å². The molecule has 0 unspecified atom stereocenters. The minimum Gasteiger partial charge on any atom is -0.494 e. The predicted molar refractivity (Wildman–Crippen MR) is 95.1 cm³/mol. The predicted octanol–water partition coefficient (Wildman–Crippen LogP) is 5.31. The molecule has 0 amide bonds. The Bertz CT molecular complexity index is 614. The van der Waals surface area contributed by atoms with Crippen molar-refractivity contribution in [3.05, 3.63) is 38.7 Å². The van der Waals surface area contributed by atoms with Gasteiger partial charge in [0.05, 0.1) is 15.9 Å². The van der Waals surface area contributed by atoms with Crippen molar-refractivity contribution in [1.82, 2.24) is 9.97 Å². The molecular formula is C16H18ClIN2O. The highest BCUT2D eigenvalue weighted by molar-refractivity contribution is 14.1. The van der Waals surface area contributed by atoms with E-state index in [1.165, 1.54) is 0 Å². The first-order chi connectivity index (χ1) is 10.0. The van der Waals surface area contributed by atoms with Gasteiger partial charge in [-0.3, -0.25) is 0 Å². The van der Waals surface area contributed by atoms with Crippen LogP contribution in [0.3, 0.4) is 0 Å². The molecule has 1 heterocycles. The first-order valence-corrected chi connectivity index (χ1v) is 8.44. The maximum absolute atomic E-state index is 6.23. The van der Waals surface area contributed by atoms with Crippen molar-refractivity contribution in [2.24, 2.45) is 0 Å². The molecule has 0 aliphatic rings. The van der Waals surface area contributed by atoms with Gasteiger partial charge >= 0.3 is 0 Å². The van der Waals surface area contributed by atoms with E-state index in [4.69, 9.17) is 16.3 Å². The fourth-order valence-corrected chi connectivity index (χ4v) is 2.91. The van der Waals surface area contributed by atoms with E-state index < -0.39 is 0 Å². The number of hydrogen-bond acceptors (Lipinski definition) is 3. The molecule has 1 aromatic carbocycles. The lowest BCUT2D eigenvalue weighted by atomic mass is 10.1. The van der Waals surface area contributed by atoms with Crippen LogP contribution in [-0.4, -0.2) is 16.6 Å². The lowest BCUT2D eigenvalue weighted by molar-refractivity contribution is 0.317. The lowest BCUT2D eigenvalue weighted by Gasteiger charge is -2.11. The Labute approximate surface area is 144 Å². The lowest BCUT2D eigenvalue weighted by Crippen LogP contribution is -2.02. The first-order valence-electron chi connectivity index (χ1n) is 6.99. The van der Waals surface area contributed by atoms with Crippen LogP contribution in [0.2, 0.25) is 5.15 Å². The highest BCUT2D eigenvalue weighted by atomic mass is 127. The molecule has 0 aliphatic heterocycles. The fraction of sp³-hybridized carbons (Fsp3) is 0.375. The Morgan fingerprint density at radius 2 is 1.86 bits per heavy atom. The summed E-state index contributed by atoms with van der Waals surface area (Å²) >= 11 is 8.43. The highest BCUT2D eigenvalue weighted by Crippen LogP contribution is 2.28. The van der Waals surface area contributed by atoms with Crippen LogP contribution in [0, 0.1) is 3.57 Å². The summed E-state index contributed by atoms with van der Waals surface area (Å²) in [7, 11) is 0. The van der Waals surface area contributed by atoms with Gasteiger partial charge in [-0.1, -0.05) is 32.4 Å². The van der Waals surface area contributed by atoms with Gasteiger partial charge in [0.15, 0.2) is 5.82 Å². The van der Waals surface area contributed by atoms with Crippen molar-refractivity contribution in [2.75, 3.05) is 6.61 Å². The van der Waals surface area contributed by atoms with Crippen molar-refractivity contribution in [1.29, 1.82) is 0 Å². The summed E-state index contributed by atoms with van der Waals surface area (Å²) in [6, 6.07) is 7.81. The fourth-order valence-electron chi connectivity index (χ4n) is 1.87. The second kappa shape index (κ2) is 7.40. The Morgan fingerprint density at radius 3 is 2.43 bits per heavy atom. The molecule has 5 heteroatoms. The third-order valence-corrected chi connectivity index (χ3v) is 4.62. The summed E-state index contributed by atoms with van der Waals surface area (Å²) in [5.74, 6) is 1.83. The van der Waals surface area contributed by atoms with Crippen molar-refractivity contribution >= 4 is 34.2 Å². The molecule has 1 aromatic heterocycles. The molecule has 0 atom stereocenters. The molecule has 0 saturated heterocycles. The molecule has 0 fully saturated rings. The molecule has 0 N–H and O–H groups in total. The van der Waals surface area contributed by atoms with Gasteiger partial charge in [-0.05, 0) is 59.2 Å². The number of aromatic nitrogens is 2. The Morgan fingerprint density at radius 1 is 1.19 bits per heavy atom. The van der Waals surface area contributed by atoms with Gasteiger partial charge in [0.2, 0.25) is 0 Å². The largest absolute Gasteiger partial charge is 0.494 e. The molecule has 21 heavy (non-hydrogen) atoms. The summed E-state index contributed by atoms with van der Waals surface area (Å²) in [5, 5.41) is 0.510. The Hall–Kier alpha value is -0.880. The monoisotopic (exact) mass is 416 g/mol. The van der Waals surface area contributed by atoms with E-state index in [9.17, 15) is 0 Å². The van der Waals surface area contributed by atoms with E-state index in [-0.39, 0.29) is 0 Å². The average molecular weight is 417 g/mol. The number of halogens is 2. The molecule has 0 bridgehead atoms. The minimum absolute atomic E-state index is 0.309. The summed E-state index contributed by atoms with van der Waals surface area (Å²) < 4.78 is 6.51. The van der Waals surface area contributed by atoms with Crippen LogP contribution in [0.25, 0.3) is 11.4 Å². The molecule has 0 aliphatic carbocycles. The van der Waals surface area contributed by atoms with Gasteiger partial charge in [-0.25, -0.2) is 9.97 Å². The summed E-state index contributed by atoms with van der Waals surface area (Å²) in [4.78, 5) is 9.03. The van der Waals surface area contributed by atoms with Crippen LogP contribution in [-0.2, 0) is 0 Å². The van der Waals surface area contributed by atoms with E-state index in [0.29, 0.717) is 16.9 Å². The second-order valence-corrected chi connectivity index (χ2v) is 6.50. The summed E-state index contributed by atoms with van der Waals surface area (Å²) in [5.41, 5.74) is 1.93. The topological polar surface area (TPSA) is 35.0 Å². The maximum Gasteiger partial charge on any atom is 0.161 e. The molecule has 0 saturated carbocycles. The van der Waals surface area contributed by atoms with Crippen molar-refractivity contribution < 1.29 is 4.74 Å². The van der Waals surface area contributed by atoms with E-state index in [0.717, 1.165) is 33.6 Å². The van der Waals surface area contributed by atoms with Gasteiger partial charge in [-0.15, -0.1) is 0 Å². The Kier molecular flexibility index (Phi) is 5.81. The van der Waals surface area contributed by atoms with Crippen LogP contribution in [0.15, 0.2) is 24.3 Å². The van der Waals surface area contributed by atoms with Gasteiger partial charge in [0.25, 0.3) is 0 Å². The van der Waals surface area contributed by atoms with Crippen molar-refractivity contribution in [3.8, 4) is 17.1 Å². The Balaban J connectivity index is 2.33. The second-order valence-electron chi connectivity index (χ2n) is 5.06. The zero-order valence-electron chi connectivity index (χ0n) is 12.4. The summed E-state index contributed by atoms with van der Waals surface area (Å²) in [6.45, 7) is 7.02. The first kappa shape index (κ1) is 16.5. The van der Waals surface area contributed by atoms with Crippen molar-refractivity contribution in [2.45, 2.75) is 33.1 Å². The SMILES string of the molecule is CCCOc1ccc(-c2nc(Cl)c(I)c(C(C)C)n2)cc1. The van der Waals surface area contributed by atoms with Crippen molar-refractivity contribution in [3.63, 3.8) is 0 Å². The zero-order chi connectivity index (χ0) is 15.4. The van der Waals surface area contributed by atoms with E-state index >= 15 is 0 Å². The quantitative estimate of drug-likeness (QED) is 0.489. The van der Waals surface area contributed by atoms with Crippen LogP contribution in [0.4, 0.5) is 0 Å². The standard InChI is InChI=1S/C16H18ClIN2O/c1-4-9-21-12-7-5-11(6-8-12)16-19-14(10(2)3)13(18)15(17)20-16/h5-8,10H,4,9H2,1-3H3. The normalized spacial score (nSPS) is 11.0. The number of hydrogen-bond donors (Lipinski definition) is 0. The summed E-state index contributed by atoms with van der Waals surface area (Å²) in [6.07, 6.45) is 0.995. The van der Waals surface area contributed by atoms with E-state index in [1.807, 2.05) is 24.3 Å². The average Bonchev–Trinajstić information content (AvgIpc) is 2.48.